The molecule has 1 unspecified atom stereocenters. The van der Waals surface area contributed by atoms with Crippen LogP contribution in [-0.4, -0.2) is 34.0 Å². The highest BCUT2D eigenvalue weighted by Gasteiger charge is 2.31. The van der Waals surface area contributed by atoms with Crippen molar-refractivity contribution in [1.29, 1.82) is 0 Å². The summed E-state index contributed by atoms with van der Waals surface area (Å²) in [6.07, 6.45) is 6.10. The lowest BCUT2D eigenvalue weighted by Gasteiger charge is -2.19. The van der Waals surface area contributed by atoms with Crippen molar-refractivity contribution in [2.45, 2.75) is 33.6 Å². The van der Waals surface area contributed by atoms with Crippen molar-refractivity contribution in [1.82, 2.24) is 4.98 Å². The summed E-state index contributed by atoms with van der Waals surface area (Å²) in [5.41, 5.74) is 2.89. The van der Waals surface area contributed by atoms with Crippen molar-refractivity contribution in [3.8, 4) is 0 Å². The maximum atomic E-state index is 13.2. The highest BCUT2D eigenvalue weighted by atomic mass is 79.9. The lowest BCUT2D eigenvalue weighted by molar-refractivity contribution is -0.0329. The van der Waals surface area contributed by atoms with E-state index in [0.29, 0.717) is 4.88 Å². The number of thiophene rings is 1. The molecule has 1 amide bonds. The van der Waals surface area contributed by atoms with E-state index in [2.05, 4.69) is 27.0 Å². The van der Waals surface area contributed by atoms with E-state index in [-0.39, 0.29) is 38.9 Å². The minimum absolute atomic E-state index is 0.0639. The van der Waals surface area contributed by atoms with Crippen LogP contribution in [0.3, 0.4) is 0 Å². The van der Waals surface area contributed by atoms with Gasteiger partial charge in [-0.25, -0.2) is 4.98 Å². The molecule has 0 radical (unpaired) electrons. The molecule has 1 aliphatic carbocycles. The van der Waals surface area contributed by atoms with E-state index in [1.165, 1.54) is 22.4 Å². The Morgan fingerprint density at radius 2 is 2.21 bits per heavy atom. The maximum absolute atomic E-state index is 13.2. The van der Waals surface area contributed by atoms with Gasteiger partial charge in [0.2, 0.25) is 0 Å². The minimum Gasteiger partial charge on any atom is -0.397 e. The zero-order chi connectivity index (χ0) is 21.3. The van der Waals surface area contributed by atoms with Crippen LogP contribution in [0.25, 0.3) is 6.08 Å². The highest BCUT2D eigenvalue weighted by Crippen LogP contribution is 2.42. The predicted molar refractivity (Wildman–Crippen MR) is 119 cm³/mol. The van der Waals surface area contributed by atoms with E-state index < -0.39 is 5.51 Å². The summed E-state index contributed by atoms with van der Waals surface area (Å²) in [6.45, 7) is 2.02. The van der Waals surface area contributed by atoms with E-state index in [0.717, 1.165) is 33.6 Å². The van der Waals surface area contributed by atoms with Gasteiger partial charge in [0.15, 0.2) is 0 Å². The molecule has 1 aliphatic rings. The number of amides is 1. The van der Waals surface area contributed by atoms with Gasteiger partial charge in [-0.05, 0) is 18.2 Å². The van der Waals surface area contributed by atoms with Crippen molar-refractivity contribution in [3.63, 3.8) is 0 Å². The Hall–Kier alpha value is -1.17. The molecule has 0 spiro atoms. The minimum atomic E-state index is -4.45. The first-order valence-corrected chi connectivity index (χ1v) is 12.0. The van der Waals surface area contributed by atoms with Crippen LogP contribution in [0.4, 0.5) is 24.5 Å². The van der Waals surface area contributed by atoms with E-state index in [4.69, 9.17) is 5.73 Å². The first-order valence-electron chi connectivity index (χ1n) is 8.50. The van der Waals surface area contributed by atoms with Crippen LogP contribution in [0.15, 0.2) is 28.3 Å². The molecule has 3 rings (SSSR count). The third-order valence-electron chi connectivity index (χ3n) is 4.09. The molecule has 156 valence electrons. The quantitative estimate of drug-likeness (QED) is 0.381. The number of fused-ring (bicyclic) bond motifs is 1. The van der Waals surface area contributed by atoms with E-state index >= 15 is 0 Å². The van der Waals surface area contributed by atoms with Gasteiger partial charge in [0.25, 0.3) is 5.91 Å². The molecule has 0 aromatic carbocycles. The van der Waals surface area contributed by atoms with Gasteiger partial charge in [0.05, 0.1) is 17.6 Å². The first-order chi connectivity index (χ1) is 13.6. The summed E-state index contributed by atoms with van der Waals surface area (Å²) in [5, 5.41) is -0.262. The molecule has 2 N–H and O–H groups in total. The molecule has 2 aromatic heterocycles. The van der Waals surface area contributed by atoms with Crippen LogP contribution in [0.5, 0.6) is 0 Å². The zero-order valence-electron chi connectivity index (χ0n) is 15.4. The van der Waals surface area contributed by atoms with Crippen LogP contribution < -0.4 is 10.6 Å². The Kier molecular flexibility index (Phi) is 6.91. The smallest absolute Gasteiger partial charge is 0.397 e. The molecule has 11 heteroatoms. The number of anilines is 2. The molecule has 2 heterocycles. The Balaban J connectivity index is 1.92. The number of carbonyl (C=O) groups excluding carboxylic acids is 1. The molecule has 4 nitrogen and oxygen atoms in total. The number of pyridine rings is 1. The van der Waals surface area contributed by atoms with Crippen LogP contribution in [0.1, 0.15) is 27.0 Å². The number of alkyl halides is 4. The molecule has 0 aliphatic heterocycles. The van der Waals surface area contributed by atoms with E-state index in [1.807, 2.05) is 13.0 Å². The normalized spacial score (nSPS) is 16.0. The number of nitrogen functional groups attached to an aromatic ring is 1. The maximum Gasteiger partial charge on any atom is 0.447 e. The largest absolute Gasteiger partial charge is 0.447 e. The van der Waals surface area contributed by atoms with Gasteiger partial charge < -0.3 is 10.6 Å². The Bertz CT molecular complexity index is 962. The summed E-state index contributed by atoms with van der Waals surface area (Å²) in [4.78, 5) is 21.3. The second kappa shape index (κ2) is 8.91. The van der Waals surface area contributed by atoms with Gasteiger partial charge in [-0.1, -0.05) is 35.0 Å². The van der Waals surface area contributed by atoms with Crippen molar-refractivity contribution in [2.24, 2.45) is 0 Å². The average molecular weight is 524 g/mol. The van der Waals surface area contributed by atoms with Crippen LogP contribution in [-0.2, 0) is 6.42 Å². The fourth-order valence-corrected chi connectivity index (χ4v) is 6.48. The number of hydrogen-bond acceptors (Lipinski definition) is 6. The number of allylic oxidation sites excluding steroid dienone is 1. The Morgan fingerprint density at radius 1 is 1.48 bits per heavy atom. The zero-order valence-corrected chi connectivity index (χ0v) is 19.5. The van der Waals surface area contributed by atoms with E-state index in [1.54, 1.807) is 18.8 Å². The summed E-state index contributed by atoms with van der Waals surface area (Å²) in [7, 11) is 1.55. The first kappa shape index (κ1) is 22.5. The lowest BCUT2D eigenvalue weighted by atomic mass is 10.1. The van der Waals surface area contributed by atoms with Gasteiger partial charge in [-0.3, -0.25) is 4.79 Å². The summed E-state index contributed by atoms with van der Waals surface area (Å²) in [6, 6.07) is 1.14. The number of carbonyl (C=O) groups is 1. The number of aromatic nitrogens is 1. The molecular weight excluding hydrogens is 507 g/mol. The third-order valence-corrected chi connectivity index (χ3v) is 7.73. The highest BCUT2D eigenvalue weighted by molar-refractivity contribution is 9.09. The Labute approximate surface area is 187 Å². The molecule has 1 atom stereocenters. The molecule has 0 fully saturated rings. The number of nitrogens with two attached hydrogens (primary N) is 1. The van der Waals surface area contributed by atoms with Crippen molar-refractivity contribution in [3.05, 3.63) is 33.7 Å². The number of rotatable bonds is 5. The molecule has 0 bridgehead atoms. The molecule has 2 aromatic rings. The standard InChI is InChI=1S/C18H17BrF3N3OS3/c1-3-27-15-10-5-4-9(19)6-13(10)28-16(15)17(26)25(2)12-8-24-14(7-11(12)23)29-18(20,21)22/h4-5,7-9H,3,6H2,1-2H3,(H2,23,24). The van der Waals surface area contributed by atoms with Crippen LogP contribution in [0, 0.1) is 0 Å². The predicted octanol–water partition coefficient (Wildman–Crippen LogP) is 6.06. The molecule has 29 heavy (non-hydrogen) atoms. The summed E-state index contributed by atoms with van der Waals surface area (Å²) >= 11 is 6.29. The second-order valence-electron chi connectivity index (χ2n) is 6.10. The van der Waals surface area contributed by atoms with Crippen molar-refractivity contribution in [2.75, 3.05) is 23.4 Å². The SMILES string of the molecule is CCSc1c(C(=O)N(C)c2cnc(SC(F)(F)F)cc2N)sc2c1C=CC(Br)C2. The van der Waals surface area contributed by atoms with Gasteiger partial charge in [0, 0.05) is 39.0 Å². The van der Waals surface area contributed by atoms with Crippen molar-refractivity contribution >= 4 is 74.1 Å². The van der Waals surface area contributed by atoms with Gasteiger partial charge in [-0.15, -0.1) is 23.1 Å². The fourth-order valence-electron chi connectivity index (χ4n) is 2.83. The topological polar surface area (TPSA) is 59.2 Å². The summed E-state index contributed by atoms with van der Waals surface area (Å²) in [5.74, 6) is 0.552. The van der Waals surface area contributed by atoms with Crippen LogP contribution >= 0.6 is 50.8 Å². The summed E-state index contributed by atoms with van der Waals surface area (Å²) < 4.78 is 37.6. The van der Waals surface area contributed by atoms with Gasteiger partial charge in [0.1, 0.15) is 9.90 Å². The lowest BCUT2D eigenvalue weighted by Crippen LogP contribution is -2.27. The number of nitrogens with zero attached hydrogens (tertiary/aromatic N) is 2. The molecule has 0 saturated heterocycles. The number of thioether (sulfide) groups is 2. The van der Waals surface area contributed by atoms with Crippen LogP contribution in [0.2, 0.25) is 0 Å². The Morgan fingerprint density at radius 3 is 2.83 bits per heavy atom. The average Bonchev–Trinajstić information content (AvgIpc) is 2.97. The fraction of sp³-hybridized carbons (Fsp3) is 0.333. The van der Waals surface area contributed by atoms with Gasteiger partial charge in [-0.2, -0.15) is 13.2 Å². The van der Waals surface area contributed by atoms with Crippen molar-refractivity contribution < 1.29 is 18.0 Å². The van der Waals surface area contributed by atoms with E-state index in [9.17, 15) is 18.0 Å². The number of halogens is 4. The monoisotopic (exact) mass is 523 g/mol. The number of hydrogen-bond donors (Lipinski definition) is 1. The molecule has 0 saturated carbocycles. The second-order valence-corrected chi connectivity index (χ2v) is 10.7. The third kappa shape index (κ3) is 5.12. The van der Waals surface area contributed by atoms with Gasteiger partial charge >= 0.3 is 5.51 Å². The molecular formula is C18H17BrF3N3OS3.